The van der Waals surface area contributed by atoms with Gasteiger partial charge in [-0.2, -0.15) is 0 Å². The fourth-order valence-electron chi connectivity index (χ4n) is 1.80. The summed E-state index contributed by atoms with van der Waals surface area (Å²) in [6.45, 7) is 0. The maximum absolute atomic E-state index is 5.86. The van der Waals surface area contributed by atoms with Gasteiger partial charge in [0.25, 0.3) is 0 Å². The van der Waals surface area contributed by atoms with Gasteiger partial charge in [-0.1, -0.05) is 48.0 Å². The van der Waals surface area contributed by atoms with E-state index in [9.17, 15) is 0 Å². The maximum Gasteiger partial charge on any atom is 0.167 e. The van der Waals surface area contributed by atoms with Gasteiger partial charge < -0.3 is 9.47 Å². The summed E-state index contributed by atoms with van der Waals surface area (Å²) in [6.07, 6.45) is 4.00. The molecule has 19 heavy (non-hydrogen) atoms. The third kappa shape index (κ3) is 3.30. The number of para-hydroxylation sites is 1. The quantitative estimate of drug-likeness (QED) is 0.763. The molecule has 0 saturated heterocycles. The van der Waals surface area contributed by atoms with Crippen molar-refractivity contribution in [3.63, 3.8) is 0 Å². The number of halogens is 1. The van der Waals surface area contributed by atoms with Crippen LogP contribution in [0.3, 0.4) is 0 Å². The Morgan fingerprint density at radius 2 is 1.63 bits per heavy atom. The van der Waals surface area contributed by atoms with Crippen LogP contribution in [0.15, 0.2) is 42.5 Å². The first-order valence-electron chi connectivity index (χ1n) is 5.89. The van der Waals surface area contributed by atoms with Gasteiger partial charge in [-0.25, -0.2) is 0 Å². The van der Waals surface area contributed by atoms with Crippen molar-refractivity contribution in [2.24, 2.45) is 0 Å². The van der Waals surface area contributed by atoms with Crippen molar-refractivity contribution in [1.82, 2.24) is 0 Å². The van der Waals surface area contributed by atoms with Crippen LogP contribution in [0.1, 0.15) is 11.1 Å². The first-order valence-corrected chi connectivity index (χ1v) is 6.27. The molecule has 0 aliphatic carbocycles. The molecule has 2 aromatic carbocycles. The lowest BCUT2D eigenvalue weighted by atomic mass is 10.1. The molecule has 0 atom stereocenters. The van der Waals surface area contributed by atoms with Crippen LogP contribution in [0.4, 0.5) is 0 Å². The highest BCUT2D eigenvalue weighted by Gasteiger charge is 2.06. The Kier molecular flexibility index (Phi) is 4.48. The van der Waals surface area contributed by atoms with Crippen LogP contribution in [0, 0.1) is 0 Å². The fraction of sp³-hybridized carbons (Fsp3) is 0.125. The molecule has 2 aromatic rings. The van der Waals surface area contributed by atoms with Gasteiger partial charge in [0.15, 0.2) is 11.5 Å². The molecule has 98 valence electrons. The lowest BCUT2D eigenvalue weighted by Crippen LogP contribution is -1.92. The third-order valence-electron chi connectivity index (χ3n) is 2.76. The normalized spacial score (nSPS) is 10.7. The summed E-state index contributed by atoms with van der Waals surface area (Å²) in [5.74, 6) is 1.45. The van der Waals surface area contributed by atoms with E-state index < -0.39 is 0 Å². The molecule has 2 rings (SSSR count). The predicted molar refractivity (Wildman–Crippen MR) is 79.9 cm³/mol. The Morgan fingerprint density at radius 1 is 0.895 bits per heavy atom. The second kappa shape index (κ2) is 6.30. The SMILES string of the molecule is COc1cccc(/C=C/c2ccc(Cl)cc2)c1OC. The van der Waals surface area contributed by atoms with E-state index in [0.29, 0.717) is 0 Å². The molecule has 0 N–H and O–H groups in total. The molecule has 0 amide bonds. The Balaban J connectivity index is 2.30. The molecule has 0 heterocycles. The minimum absolute atomic E-state index is 0.723. The molecule has 0 radical (unpaired) electrons. The van der Waals surface area contributed by atoms with Crippen LogP contribution in [-0.2, 0) is 0 Å². The second-order valence-corrected chi connectivity index (χ2v) is 4.40. The number of rotatable bonds is 4. The van der Waals surface area contributed by atoms with E-state index >= 15 is 0 Å². The lowest BCUT2D eigenvalue weighted by molar-refractivity contribution is 0.354. The Hall–Kier alpha value is -1.93. The molecule has 0 spiro atoms. The van der Waals surface area contributed by atoms with Gasteiger partial charge in [0.1, 0.15) is 0 Å². The van der Waals surface area contributed by atoms with Gasteiger partial charge in [-0.3, -0.25) is 0 Å². The van der Waals surface area contributed by atoms with Crippen molar-refractivity contribution in [3.8, 4) is 11.5 Å². The number of hydrogen-bond donors (Lipinski definition) is 0. The molecule has 0 saturated carbocycles. The van der Waals surface area contributed by atoms with Crippen LogP contribution in [0.25, 0.3) is 12.2 Å². The van der Waals surface area contributed by atoms with Gasteiger partial charge in [-0.15, -0.1) is 0 Å². The Labute approximate surface area is 118 Å². The average molecular weight is 275 g/mol. The molecular formula is C16H15ClO2. The molecule has 0 aliphatic heterocycles. The van der Waals surface area contributed by atoms with E-state index in [-0.39, 0.29) is 0 Å². The lowest BCUT2D eigenvalue weighted by Gasteiger charge is -2.09. The van der Waals surface area contributed by atoms with E-state index in [4.69, 9.17) is 21.1 Å². The van der Waals surface area contributed by atoms with Crippen molar-refractivity contribution in [2.45, 2.75) is 0 Å². The number of methoxy groups -OCH3 is 2. The van der Waals surface area contributed by atoms with Gasteiger partial charge in [0.05, 0.1) is 14.2 Å². The van der Waals surface area contributed by atoms with Crippen molar-refractivity contribution in [2.75, 3.05) is 14.2 Å². The van der Waals surface area contributed by atoms with Gasteiger partial charge in [0, 0.05) is 10.6 Å². The van der Waals surface area contributed by atoms with E-state index in [1.165, 1.54) is 0 Å². The first-order chi connectivity index (χ1) is 9.24. The Bertz CT molecular complexity index is 574. The zero-order valence-corrected chi connectivity index (χ0v) is 11.6. The predicted octanol–water partition coefficient (Wildman–Crippen LogP) is 4.53. The molecule has 0 aliphatic rings. The fourth-order valence-corrected chi connectivity index (χ4v) is 1.93. The molecule has 3 heteroatoms. The minimum atomic E-state index is 0.723. The molecule has 0 fully saturated rings. The summed E-state index contributed by atoms with van der Waals surface area (Å²) < 4.78 is 10.6. The average Bonchev–Trinajstić information content (AvgIpc) is 2.46. The standard InChI is InChI=1S/C16H15ClO2/c1-18-15-5-3-4-13(16(15)19-2)9-6-12-7-10-14(17)11-8-12/h3-11H,1-2H3/b9-6+. The molecule has 0 bridgehead atoms. The van der Waals surface area contributed by atoms with Crippen molar-refractivity contribution in [1.29, 1.82) is 0 Å². The summed E-state index contributed by atoms with van der Waals surface area (Å²) >= 11 is 5.86. The molecule has 2 nitrogen and oxygen atoms in total. The highest BCUT2D eigenvalue weighted by Crippen LogP contribution is 2.31. The maximum atomic E-state index is 5.86. The first kappa shape index (κ1) is 13.5. The molecule has 0 unspecified atom stereocenters. The van der Waals surface area contributed by atoms with Crippen molar-refractivity contribution in [3.05, 3.63) is 58.6 Å². The summed E-state index contributed by atoms with van der Waals surface area (Å²) in [4.78, 5) is 0. The number of benzene rings is 2. The van der Waals surface area contributed by atoms with E-state index in [0.717, 1.165) is 27.6 Å². The van der Waals surface area contributed by atoms with Gasteiger partial charge >= 0.3 is 0 Å². The zero-order chi connectivity index (χ0) is 13.7. The smallest absolute Gasteiger partial charge is 0.167 e. The topological polar surface area (TPSA) is 18.5 Å². The monoisotopic (exact) mass is 274 g/mol. The van der Waals surface area contributed by atoms with Crippen molar-refractivity contribution < 1.29 is 9.47 Å². The summed E-state index contributed by atoms with van der Waals surface area (Å²) in [5, 5.41) is 0.733. The molecular weight excluding hydrogens is 260 g/mol. The number of hydrogen-bond acceptors (Lipinski definition) is 2. The zero-order valence-electron chi connectivity index (χ0n) is 10.9. The van der Waals surface area contributed by atoms with E-state index in [1.54, 1.807) is 14.2 Å². The van der Waals surface area contributed by atoms with Gasteiger partial charge in [-0.05, 0) is 23.8 Å². The van der Waals surface area contributed by atoms with Gasteiger partial charge in [0.2, 0.25) is 0 Å². The molecule has 0 aromatic heterocycles. The van der Waals surface area contributed by atoms with Crippen molar-refractivity contribution >= 4 is 23.8 Å². The van der Waals surface area contributed by atoms with Crippen LogP contribution >= 0.6 is 11.6 Å². The third-order valence-corrected chi connectivity index (χ3v) is 3.01. The van der Waals surface area contributed by atoms with Crippen LogP contribution in [-0.4, -0.2) is 14.2 Å². The number of ether oxygens (including phenoxy) is 2. The highest BCUT2D eigenvalue weighted by atomic mass is 35.5. The second-order valence-electron chi connectivity index (χ2n) is 3.97. The Morgan fingerprint density at radius 3 is 2.26 bits per heavy atom. The van der Waals surface area contributed by atoms with Crippen LogP contribution in [0.2, 0.25) is 5.02 Å². The minimum Gasteiger partial charge on any atom is -0.493 e. The summed E-state index contributed by atoms with van der Waals surface area (Å²) in [7, 11) is 3.27. The summed E-state index contributed by atoms with van der Waals surface area (Å²) in [5.41, 5.74) is 2.05. The van der Waals surface area contributed by atoms with Crippen LogP contribution < -0.4 is 9.47 Å². The highest BCUT2D eigenvalue weighted by molar-refractivity contribution is 6.30. The van der Waals surface area contributed by atoms with Crippen LogP contribution in [0.5, 0.6) is 11.5 Å². The summed E-state index contributed by atoms with van der Waals surface area (Å²) in [6, 6.07) is 13.4. The largest absolute Gasteiger partial charge is 0.493 e. The van der Waals surface area contributed by atoms with E-state index in [1.807, 2.05) is 54.6 Å². The van der Waals surface area contributed by atoms with E-state index in [2.05, 4.69) is 0 Å².